The van der Waals surface area contributed by atoms with Crippen LogP contribution in [0.1, 0.15) is 11.3 Å². The summed E-state index contributed by atoms with van der Waals surface area (Å²) in [6.07, 6.45) is 1.69. The number of hydrogen-bond acceptors (Lipinski definition) is 5. The molecule has 0 radical (unpaired) electrons. The van der Waals surface area contributed by atoms with Crippen LogP contribution in [0.3, 0.4) is 0 Å². The minimum Gasteiger partial charge on any atom is -0.269 e. The van der Waals surface area contributed by atoms with E-state index in [-0.39, 0.29) is 17.9 Å². The summed E-state index contributed by atoms with van der Waals surface area (Å²) in [5.74, 6) is -0.0544. The molecule has 0 fully saturated rings. The number of hydrogen-bond donors (Lipinski definition) is 0. The lowest BCUT2D eigenvalue weighted by Crippen LogP contribution is -2.17. The predicted octanol–water partition coefficient (Wildman–Crippen LogP) is 1.84. The van der Waals surface area contributed by atoms with E-state index in [0.29, 0.717) is 22.7 Å². The third-order valence-corrected chi connectivity index (χ3v) is 3.71. The van der Waals surface area contributed by atoms with E-state index in [1.165, 1.54) is 27.4 Å². The Balaban J connectivity index is 1.67. The van der Waals surface area contributed by atoms with Crippen molar-refractivity contribution in [1.29, 1.82) is 0 Å². The Labute approximate surface area is 141 Å². The highest BCUT2D eigenvalue weighted by atomic mass is 19.1. The van der Waals surface area contributed by atoms with Gasteiger partial charge < -0.3 is 0 Å². The number of rotatable bonds is 3. The van der Waals surface area contributed by atoms with E-state index in [9.17, 15) is 9.18 Å². The Hall–Kier alpha value is -3.42. The molecule has 4 aromatic rings. The van der Waals surface area contributed by atoms with E-state index >= 15 is 0 Å². The largest absolute Gasteiger partial charge is 0.269 e. The molecule has 0 unspecified atom stereocenters. The Morgan fingerprint density at radius 3 is 2.88 bits per heavy atom. The summed E-state index contributed by atoms with van der Waals surface area (Å²) in [7, 11) is 0. The van der Waals surface area contributed by atoms with Crippen molar-refractivity contribution >= 4 is 5.65 Å². The van der Waals surface area contributed by atoms with E-state index in [1.54, 1.807) is 18.3 Å². The highest BCUT2D eigenvalue weighted by Crippen LogP contribution is 2.14. The average Bonchev–Trinajstić information content (AvgIpc) is 3.03. The summed E-state index contributed by atoms with van der Waals surface area (Å²) in [6.45, 7) is 2.13. The maximum absolute atomic E-state index is 13.3. The highest BCUT2D eigenvalue weighted by Gasteiger charge is 2.09. The molecule has 0 spiro atoms. The first-order valence-corrected chi connectivity index (χ1v) is 7.61. The fourth-order valence-corrected chi connectivity index (χ4v) is 2.53. The molecule has 1 aromatic carbocycles. The van der Waals surface area contributed by atoms with Gasteiger partial charge >= 0.3 is 0 Å². The second-order valence-corrected chi connectivity index (χ2v) is 5.67. The molecule has 0 aliphatic carbocycles. The van der Waals surface area contributed by atoms with E-state index < -0.39 is 0 Å². The first kappa shape index (κ1) is 15.1. The Morgan fingerprint density at radius 1 is 1.16 bits per heavy atom. The van der Waals surface area contributed by atoms with Crippen molar-refractivity contribution in [3.05, 3.63) is 76.1 Å². The first-order valence-electron chi connectivity index (χ1n) is 7.61. The summed E-state index contributed by atoms with van der Waals surface area (Å²) in [4.78, 5) is 18.0. The van der Waals surface area contributed by atoms with Crippen molar-refractivity contribution in [2.45, 2.75) is 13.5 Å². The van der Waals surface area contributed by atoms with Gasteiger partial charge in [-0.1, -0.05) is 12.1 Å². The predicted molar refractivity (Wildman–Crippen MR) is 88.5 cm³/mol. The molecule has 0 N–H and O–H groups in total. The SMILES string of the molecule is Cc1ccn2c(=O)cc(Cn3nnc(-c4cccc(F)c4)n3)nc2c1. The van der Waals surface area contributed by atoms with Crippen LogP contribution >= 0.6 is 0 Å². The Morgan fingerprint density at radius 2 is 2.04 bits per heavy atom. The third-order valence-electron chi connectivity index (χ3n) is 3.71. The smallest absolute Gasteiger partial charge is 0.258 e. The molecule has 0 saturated heterocycles. The number of fused-ring (bicyclic) bond motifs is 1. The van der Waals surface area contributed by atoms with Gasteiger partial charge in [0.2, 0.25) is 5.82 Å². The van der Waals surface area contributed by atoms with Gasteiger partial charge in [0.1, 0.15) is 18.0 Å². The van der Waals surface area contributed by atoms with Crippen LogP contribution in [-0.2, 0) is 6.54 Å². The van der Waals surface area contributed by atoms with E-state index in [4.69, 9.17) is 0 Å². The van der Waals surface area contributed by atoms with E-state index in [1.807, 2.05) is 19.1 Å². The van der Waals surface area contributed by atoms with Crippen LogP contribution in [0.2, 0.25) is 0 Å². The number of pyridine rings is 1. The number of aromatic nitrogens is 6. The molecule has 7 nitrogen and oxygen atoms in total. The van der Waals surface area contributed by atoms with Crippen molar-refractivity contribution in [3.8, 4) is 11.4 Å². The maximum Gasteiger partial charge on any atom is 0.258 e. The average molecular weight is 336 g/mol. The van der Waals surface area contributed by atoms with Gasteiger partial charge in [0, 0.05) is 17.8 Å². The van der Waals surface area contributed by atoms with Gasteiger partial charge in [-0.25, -0.2) is 9.37 Å². The molecule has 3 aromatic heterocycles. The summed E-state index contributed by atoms with van der Waals surface area (Å²) in [5.41, 5.74) is 2.46. The van der Waals surface area contributed by atoms with Crippen molar-refractivity contribution in [3.63, 3.8) is 0 Å². The molecule has 0 aliphatic heterocycles. The molecule has 25 heavy (non-hydrogen) atoms. The van der Waals surface area contributed by atoms with Gasteiger partial charge in [-0.05, 0) is 42.0 Å². The van der Waals surface area contributed by atoms with Crippen molar-refractivity contribution < 1.29 is 4.39 Å². The highest BCUT2D eigenvalue weighted by molar-refractivity contribution is 5.53. The molecule has 0 amide bonds. The molecule has 124 valence electrons. The van der Waals surface area contributed by atoms with Gasteiger partial charge in [-0.2, -0.15) is 4.80 Å². The number of benzene rings is 1. The lowest BCUT2D eigenvalue weighted by molar-refractivity contribution is 0.564. The third kappa shape index (κ3) is 3.01. The van der Waals surface area contributed by atoms with Crippen molar-refractivity contribution in [1.82, 2.24) is 29.6 Å². The van der Waals surface area contributed by atoms with Gasteiger partial charge in [-0.3, -0.25) is 9.20 Å². The normalized spacial score (nSPS) is 11.1. The summed E-state index contributed by atoms with van der Waals surface area (Å²) >= 11 is 0. The van der Waals surface area contributed by atoms with Crippen LogP contribution < -0.4 is 5.56 Å². The van der Waals surface area contributed by atoms with Crippen LogP contribution in [0.4, 0.5) is 4.39 Å². The zero-order valence-electron chi connectivity index (χ0n) is 13.3. The number of nitrogens with zero attached hydrogens (tertiary/aromatic N) is 6. The minimum absolute atomic E-state index is 0.175. The molecular formula is C17H13FN6O. The second kappa shape index (κ2) is 5.90. The monoisotopic (exact) mass is 336 g/mol. The topological polar surface area (TPSA) is 78.0 Å². The number of halogens is 1. The van der Waals surface area contributed by atoms with Crippen LogP contribution in [0, 0.1) is 12.7 Å². The Bertz CT molecular complexity index is 1130. The number of tetrazole rings is 1. The Kier molecular flexibility index (Phi) is 3.57. The zero-order chi connectivity index (χ0) is 17.4. The summed E-state index contributed by atoms with van der Waals surface area (Å²) < 4.78 is 14.8. The number of aryl methyl sites for hydroxylation is 1. The lowest BCUT2D eigenvalue weighted by Gasteiger charge is -2.04. The van der Waals surface area contributed by atoms with Gasteiger partial charge in [0.05, 0.1) is 5.69 Å². The van der Waals surface area contributed by atoms with Crippen LogP contribution in [-0.4, -0.2) is 29.6 Å². The molecule has 0 saturated carbocycles. The van der Waals surface area contributed by atoms with Crippen molar-refractivity contribution in [2.75, 3.05) is 0 Å². The van der Waals surface area contributed by atoms with E-state index in [2.05, 4.69) is 20.4 Å². The molecule has 0 bridgehead atoms. The molecular weight excluding hydrogens is 323 g/mol. The van der Waals surface area contributed by atoms with E-state index in [0.717, 1.165) is 5.56 Å². The summed E-state index contributed by atoms with van der Waals surface area (Å²) in [6, 6.07) is 11.1. The van der Waals surface area contributed by atoms with Crippen LogP contribution in [0.5, 0.6) is 0 Å². The first-order chi connectivity index (χ1) is 12.1. The van der Waals surface area contributed by atoms with Gasteiger partial charge in [0.25, 0.3) is 5.56 Å². The fraction of sp³-hybridized carbons (Fsp3) is 0.118. The van der Waals surface area contributed by atoms with Crippen molar-refractivity contribution in [2.24, 2.45) is 0 Å². The maximum atomic E-state index is 13.3. The quantitative estimate of drug-likeness (QED) is 0.570. The minimum atomic E-state index is -0.367. The van der Waals surface area contributed by atoms with Gasteiger partial charge in [0.15, 0.2) is 0 Å². The molecule has 4 rings (SSSR count). The van der Waals surface area contributed by atoms with Gasteiger partial charge in [-0.15, -0.1) is 10.2 Å². The lowest BCUT2D eigenvalue weighted by atomic mass is 10.2. The summed E-state index contributed by atoms with van der Waals surface area (Å²) in [5, 5.41) is 12.1. The fourth-order valence-electron chi connectivity index (χ4n) is 2.53. The zero-order valence-corrected chi connectivity index (χ0v) is 13.3. The standard InChI is InChI=1S/C17H13FN6O/c1-11-5-6-23-15(7-11)19-14(9-16(23)25)10-24-21-17(20-22-24)12-3-2-4-13(18)8-12/h2-9H,10H2,1H3. The van der Waals surface area contributed by atoms with Crippen LogP contribution in [0.25, 0.3) is 17.0 Å². The molecule has 8 heteroatoms. The molecule has 3 heterocycles. The molecule has 0 aliphatic rings. The second-order valence-electron chi connectivity index (χ2n) is 5.67. The molecule has 0 atom stereocenters. The van der Waals surface area contributed by atoms with Crippen LogP contribution in [0.15, 0.2) is 53.5 Å².